The number of ether oxygens (including phenoxy) is 2. The molecule has 0 bridgehead atoms. The zero-order valence-corrected chi connectivity index (χ0v) is 13.5. The van der Waals surface area contributed by atoms with Crippen LogP contribution in [0.1, 0.15) is 38.7 Å². The zero-order chi connectivity index (χ0) is 16.5. The summed E-state index contributed by atoms with van der Waals surface area (Å²) in [6.07, 6.45) is -0.349. The number of carbonyl (C=O) groups excluding carboxylic acids is 2. The predicted octanol–water partition coefficient (Wildman–Crippen LogP) is 2.40. The van der Waals surface area contributed by atoms with E-state index in [1.54, 1.807) is 6.92 Å². The highest BCUT2D eigenvalue weighted by Gasteiger charge is 2.09. The summed E-state index contributed by atoms with van der Waals surface area (Å²) in [5.74, 6) is 0.784. The molecule has 2 N–H and O–H groups in total. The summed E-state index contributed by atoms with van der Waals surface area (Å²) in [5, 5.41) is 5.19. The van der Waals surface area contributed by atoms with Gasteiger partial charge in [0, 0.05) is 6.54 Å². The van der Waals surface area contributed by atoms with Crippen molar-refractivity contribution in [1.82, 2.24) is 10.6 Å². The van der Waals surface area contributed by atoms with Gasteiger partial charge in [-0.1, -0.05) is 26.0 Å². The molecule has 6 nitrogen and oxygen atoms in total. The first-order valence-corrected chi connectivity index (χ1v) is 7.30. The summed E-state index contributed by atoms with van der Waals surface area (Å²) in [4.78, 5) is 22.5. The maximum absolute atomic E-state index is 11.6. The second-order valence-corrected chi connectivity index (χ2v) is 5.21. The molecule has 0 saturated heterocycles. The Morgan fingerprint density at radius 1 is 1.14 bits per heavy atom. The molecule has 2 amide bonds. The molecular formula is C16H24N2O4. The van der Waals surface area contributed by atoms with Gasteiger partial charge in [0.15, 0.2) is 6.23 Å². The maximum Gasteiger partial charge on any atom is 0.317 e. The van der Waals surface area contributed by atoms with E-state index >= 15 is 0 Å². The molecule has 0 radical (unpaired) electrons. The number of urea groups is 1. The smallest absolute Gasteiger partial charge is 0.317 e. The number of hydrogen-bond donors (Lipinski definition) is 2. The first kappa shape index (κ1) is 17.8. The lowest BCUT2D eigenvalue weighted by Crippen LogP contribution is -2.43. The van der Waals surface area contributed by atoms with Crippen molar-refractivity contribution in [3.05, 3.63) is 29.8 Å². The normalized spacial score (nSPS) is 11.7. The van der Waals surface area contributed by atoms with Crippen LogP contribution in [-0.2, 0) is 9.53 Å². The number of rotatable bonds is 7. The summed E-state index contributed by atoms with van der Waals surface area (Å²) < 4.78 is 10.1. The second kappa shape index (κ2) is 8.92. The monoisotopic (exact) mass is 308 g/mol. The third-order valence-corrected chi connectivity index (χ3v) is 3.04. The standard InChI is InChI=1S/C16H24N2O4/c1-11(2)13-5-7-14(8-6-13)22-12(3)18-16(20)17-10-9-15(19)21-4/h5-8,11-12H,9-10H2,1-4H3,(H2,17,18,20). The lowest BCUT2D eigenvalue weighted by atomic mass is 10.0. The molecule has 1 aromatic carbocycles. The van der Waals surface area contributed by atoms with Crippen LogP contribution in [0.4, 0.5) is 4.79 Å². The van der Waals surface area contributed by atoms with Gasteiger partial charge in [-0.2, -0.15) is 0 Å². The molecule has 1 rings (SSSR count). The zero-order valence-electron chi connectivity index (χ0n) is 13.5. The minimum absolute atomic E-state index is 0.135. The van der Waals surface area contributed by atoms with Crippen molar-refractivity contribution in [2.75, 3.05) is 13.7 Å². The van der Waals surface area contributed by atoms with Crippen molar-refractivity contribution in [2.24, 2.45) is 0 Å². The van der Waals surface area contributed by atoms with Crippen LogP contribution in [0.3, 0.4) is 0 Å². The van der Waals surface area contributed by atoms with Crippen molar-refractivity contribution in [3.63, 3.8) is 0 Å². The Labute approximate surface area is 131 Å². The molecular weight excluding hydrogens is 284 g/mol. The lowest BCUT2D eigenvalue weighted by Gasteiger charge is -2.17. The van der Waals surface area contributed by atoms with Crippen molar-refractivity contribution < 1.29 is 19.1 Å². The summed E-state index contributed by atoms with van der Waals surface area (Å²) in [5.41, 5.74) is 1.23. The van der Waals surface area contributed by atoms with Crippen LogP contribution >= 0.6 is 0 Å². The number of hydrogen-bond acceptors (Lipinski definition) is 4. The first-order chi connectivity index (χ1) is 10.4. The minimum Gasteiger partial charge on any atom is -0.471 e. The van der Waals surface area contributed by atoms with Gasteiger partial charge in [-0.3, -0.25) is 4.79 Å². The van der Waals surface area contributed by atoms with E-state index in [0.717, 1.165) is 0 Å². The molecule has 6 heteroatoms. The summed E-state index contributed by atoms with van der Waals surface area (Å²) in [7, 11) is 1.31. The third kappa shape index (κ3) is 6.47. The number of nitrogens with one attached hydrogen (secondary N) is 2. The van der Waals surface area contributed by atoms with Crippen LogP contribution in [0.5, 0.6) is 5.75 Å². The van der Waals surface area contributed by atoms with E-state index in [4.69, 9.17) is 4.74 Å². The van der Waals surface area contributed by atoms with E-state index in [-0.39, 0.29) is 18.9 Å². The molecule has 1 aromatic rings. The van der Waals surface area contributed by atoms with Gasteiger partial charge in [0.2, 0.25) is 0 Å². The number of amides is 2. The van der Waals surface area contributed by atoms with Gasteiger partial charge in [0.05, 0.1) is 13.5 Å². The van der Waals surface area contributed by atoms with Crippen LogP contribution < -0.4 is 15.4 Å². The molecule has 1 unspecified atom stereocenters. The Balaban J connectivity index is 2.34. The summed E-state index contributed by atoms with van der Waals surface area (Å²) >= 11 is 0. The second-order valence-electron chi connectivity index (χ2n) is 5.21. The molecule has 0 saturated carbocycles. The fraction of sp³-hybridized carbons (Fsp3) is 0.500. The average Bonchev–Trinajstić information content (AvgIpc) is 2.47. The minimum atomic E-state index is -0.483. The number of benzene rings is 1. The number of methoxy groups -OCH3 is 1. The molecule has 1 atom stereocenters. The van der Waals surface area contributed by atoms with Crippen LogP contribution in [0.2, 0.25) is 0 Å². The largest absolute Gasteiger partial charge is 0.471 e. The van der Waals surface area contributed by atoms with Gasteiger partial charge in [0.25, 0.3) is 0 Å². The van der Waals surface area contributed by atoms with E-state index < -0.39 is 12.3 Å². The van der Waals surface area contributed by atoms with Crippen molar-refractivity contribution in [2.45, 2.75) is 39.3 Å². The molecule has 0 aliphatic carbocycles. The molecule has 122 valence electrons. The van der Waals surface area contributed by atoms with Crippen LogP contribution in [0, 0.1) is 0 Å². The molecule has 0 fully saturated rings. The predicted molar refractivity (Wildman–Crippen MR) is 83.8 cm³/mol. The van der Waals surface area contributed by atoms with Gasteiger partial charge in [-0.15, -0.1) is 0 Å². The fourth-order valence-corrected chi connectivity index (χ4v) is 1.78. The Kier molecular flexibility index (Phi) is 7.22. The highest BCUT2D eigenvalue weighted by Crippen LogP contribution is 2.19. The van der Waals surface area contributed by atoms with Crippen molar-refractivity contribution in [3.8, 4) is 5.75 Å². The third-order valence-electron chi connectivity index (χ3n) is 3.04. The number of carbonyl (C=O) groups is 2. The van der Waals surface area contributed by atoms with Gasteiger partial charge in [-0.25, -0.2) is 4.79 Å². The molecule has 0 aliphatic heterocycles. The number of esters is 1. The van der Waals surface area contributed by atoms with Crippen molar-refractivity contribution in [1.29, 1.82) is 0 Å². The SMILES string of the molecule is COC(=O)CCNC(=O)NC(C)Oc1ccc(C(C)C)cc1. The highest BCUT2D eigenvalue weighted by molar-refractivity contribution is 5.75. The average molecular weight is 308 g/mol. The van der Waals surface area contributed by atoms with Crippen LogP contribution in [0.25, 0.3) is 0 Å². The van der Waals surface area contributed by atoms with E-state index in [1.165, 1.54) is 12.7 Å². The van der Waals surface area contributed by atoms with E-state index in [2.05, 4.69) is 29.2 Å². The Bertz CT molecular complexity index is 485. The first-order valence-electron chi connectivity index (χ1n) is 7.30. The fourth-order valence-electron chi connectivity index (χ4n) is 1.78. The topological polar surface area (TPSA) is 76.7 Å². The van der Waals surface area contributed by atoms with Gasteiger partial charge in [-0.05, 0) is 30.5 Å². The van der Waals surface area contributed by atoms with Crippen LogP contribution in [0.15, 0.2) is 24.3 Å². The lowest BCUT2D eigenvalue weighted by molar-refractivity contribution is -0.140. The summed E-state index contributed by atoms with van der Waals surface area (Å²) in [6, 6.07) is 7.37. The molecule has 0 spiro atoms. The van der Waals surface area contributed by atoms with E-state index in [1.807, 2.05) is 24.3 Å². The summed E-state index contributed by atoms with van der Waals surface area (Å²) in [6.45, 7) is 6.20. The highest BCUT2D eigenvalue weighted by atomic mass is 16.5. The molecule has 0 aliphatic rings. The Morgan fingerprint density at radius 3 is 2.32 bits per heavy atom. The molecule has 0 heterocycles. The Morgan fingerprint density at radius 2 is 1.77 bits per heavy atom. The Hall–Kier alpha value is -2.24. The quantitative estimate of drug-likeness (QED) is 0.599. The maximum atomic E-state index is 11.6. The van der Waals surface area contributed by atoms with Gasteiger partial charge < -0.3 is 20.1 Å². The van der Waals surface area contributed by atoms with E-state index in [9.17, 15) is 9.59 Å². The van der Waals surface area contributed by atoms with Gasteiger partial charge in [0.1, 0.15) is 5.75 Å². The molecule has 0 aromatic heterocycles. The van der Waals surface area contributed by atoms with Gasteiger partial charge >= 0.3 is 12.0 Å². The van der Waals surface area contributed by atoms with Crippen LogP contribution in [-0.4, -0.2) is 31.9 Å². The van der Waals surface area contributed by atoms with E-state index in [0.29, 0.717) is 11.7 Å². The molecule has 22 heavy (non-hydrogen) atoms. The van der Waals surface area contributed by atoms with Crippen molar-refractivity contribution >= 4 is 12.0 Å².